The van der Waals surface area contributed by atoms with Crippen molar-refractivity contribution in [1.29, 1.82) is 0 Å². The molecule has 0 spiro atoms. The van der Waals surface area contributed by atoms with E-state index in [9.17, 15) is 9.90 Å². The van der Waals surface area contributed by atoms with Gasteiger partial charge in [0.1, 0.15) is 11.6 Å². The van der Waals surface area contributed by atoms with E-state index in [0.717, 1.165) is 12.8 Å². The molecule has 3 N–H and O–H groups in total. The van der Waals surface area contributed by atoms with Crippen molar-refractivity contribution in [2.75, 3.05) is 5.32 Å². The molecule has 5 nitrogen and oxygen atoms in total. The number of aromatic hydroxyl groups is 1. The number of hydrogen-bond donors (Lipinski definition) is 3. The van der Waals surface area contributed by atoms with E-state index >= 15 is 0 Å². The van der Waals surface area contributed by atoms with Crippen molar-refractivity contribution < 1.29 is 5.11 Å². The van der Waals surface area contributed by atoms with Crippen molar-refractivity contribution in [3.8, 4) is 5.75 Å². The zero-order valence-corrected chi connectivity index (χ0v) is 10.2. The predicted molar refractivity (Wildman–Crippen MR) is 70.0 cm³/mol. The van der Waals surface area contributed by atoms with Crippen LogP contribution in [-0.2, 0) is 0 Å². The summed E-state index contributed by atoms with van der Waals surface area (Å²) in [6, 6.07) is 3.62. The van der Waals surface area contributed by atoms with Crippen LogP contribution in [0.5, 0.6) is 5.75 Å². The average molecular weight is 245 g/mol. The molecule has 1 heterocycles. The molecule has 0 atom stereocenters. The number of nitrogens with zero attached hydrogens (tertiary/aromatic N) is 1. The Hall–Kier alpha value is -2.04. The summed E-state index contributed by atoms with van der Waals surface area (Å²) in [7, 11) is 0. The molecular weight excluding hydrogens is 230 g/mol. The van der Waals surface area contributed by atoms with Crippen molar-refractivity contribution in [3.63, 3.8) is 0 Å². The van der Waals surface area contributed by atoms with Gasteiger partial charge in [0.15, 0.2) is 0 Å². The Bertz CT molecular complexity index is 659. The van der Waals surface area contributed by atoms with Gasteiger partial charge in [0.2, 0.25) is 0 Å². The molecule has 1 aliphatic carbocycles. The topological polar surface area (TPSA) is 78.0 Å². The number of hydrogen-bond acceptors (Lipinski definition) is 4. The van der Waals surface area contributed by atoms with Gasteiger partial charge in [-0.2, -0.15) is 0 Å². The Morgan fingerprint density at radius 3 is 2.89 bits per heavy atom. The maximum Gasteiger partial charge on any atom is 0.258 e. The first-order valence-electron chi connectivity index (χ1n) is 6.13. The van der Waals surface area contributed by atoms with Crippen LogP contribution in [0, 0.1) is 6.92 Å². The van der Waals surface area contributed by atoms with Gasteiger partial charge in [-0.1, -0.05) is 0 Å². The van der Waals surface area contributed by atoms with Gasteiger partial charge >= 0.3 is 0 Å². The fraction of sp³-hybridized carbons (Fsp3) is 0.385. The second kappa shape index (κ2) is 4.01. The van der Waals surface area contributed by atoms with Gasteiger partial charge in [-0.05, 0) is 32.3 Å². The van der Waals surface area contributed by atoms with Crippen LogP contribution in [0.4, 0.5) is 5.69 Å². The lowest BCUT2D eigenvalue weighted by atomic mass is 9.93. The molecule has 1 aliphatic rings. The molecule has 0 unspecified atom stereocenters. The minimum Gasteiger partial charge on any atom is -0.506 e. The molecule has 0 bridgehead atoms. The molecule has 0 radical (unpaired) electrons. The van der Waals surface area contributed by atoms with Gasteiger partial charge in [0.05, 0.1) is 16.6 Å². The first-order chi connectivity index (χ1) is 8.63. The first kappa shape index (κ1) is 11.1. The highest BCUT2D eigenvalue weighted by Crippen LogP contribution is 2.31. The van der Waals surface area contributed by atoms with Crippen LogP contribution in [-0.4, -0.2) is 21.1 Å². The van der Waals surface area contributed by atoms with Crippen molar-refractivity contribution in [1.82, 2.24) is 9.97 Å². The van der Waals surface area contributed by atoms with E-state index in [2.05, 4.69) is 15.3 Å². The summed E-state index contributed by atoms with van der Waals surface area (Å²) >= 11 is 0. The van der Waals surface area contributed by atoms with Crippen LogP contribution in [0.15, 0.2) is 16.9 Å². The Balaban J connectivity index is 2.10. The lowest BCUT2D eigenvalue weighted by Crippen LogP contribution is -2.27. The van der Waals surface area contributed by atoms with E-state index in [1.165, 1.54) is 6.42 Å². The summed E-state index contributed by atoms with van der Waals surface area (Å²) in [4.78, 5) is 18.7. The Labute approximate surface area is 104 Å². The number of nitrogens with one attached hydrogen (secondary N) is 2. The van der Waals surface area contributed by atoms with Gasteiger partial charge in [-0.3, -0.25) is 4.79 Å². The van der Waals surface area contributed by atoms with E-state index in [0.29, 0.717) is 28.5 Å². The minimum absolute atomic E-state index is 0.145. The standard InChI is InChI=1S/C13H15N3O2/c1-7-14-10-6-12(17)11(16-8-3-2-4-8)5-9(10)13(18)15-7/h5-6,8,16-17H,2-4H2,1H3,(H,14,15,18). The average Bonchev–Trinajstić information content (AvgIpc) is 2.23. The van der Waals surface area contributed by atoms with E-state index < -0.39 is 0 Å². The molecule has 3 rings (SSSR count). The quantitative estimate of drug-likeness (QED) is 0.706. The van der Waals surface area contributed by atoms with Crippen molar-refractivity contribution >= 4 is 16.6 Å². The number of aromatic amines is 1. The van der Waals surface area contributed by atoms with Gasteiger partial charge in [-0.25, -0.2) is 4.98 Å². The predicted octanol–water partition coefficient (Wildman–Crippen LogP) is 1.90. The van der Waals surface area contributed by atoms with Crippen LogP contribution in [0.25, 0.3) is 10.9 Å². The number of aromatic nitrogens is 2. The van der Waals surface area contributed by atoms with Crippen LogP contribution >= 0.6 is 0 Å². The molecule has 0 amide bonds. The number of anilines is 1. The highest BCUT2D eigenvalue weighted by Gasteiger charge is 2.18. The highest BCUT2D eigenvalue weighted by atomic mass is 16.3. The molecule has 94 valence electrons. The maximum absolute atomic E-state index is 11.8. The molecule has 1 aromatic heterocycles. The van der Waals surface area contributed by atoms with Crippen LogP contribution in [0.1, 0.15) is 25.1 Å². The second-order valence-electron chi connectivity index (χ2n) is 4.81. The molecule has 5 heteroatoms. The van der Waals surface area contributed by atoms with Crippen molar-refractivity contribution in [2.24, 2.45) is 0 Å². The maximum atomic E-state index is 11.8. The van der Waals surface area contributed by atoms with Crippen LogP contribution < -0.4 is 10.9 Å². The molecular formula is C13H15N3O2. The normalized spacial score (nSPS) is 15.6. The number of benzene rings is 1. The summed E-state index contributed by atoms with van der Waals surface area (Å²) in [5, 5.41) is 13.7. The van der Waals surface area contributed by atoms with Crippen LogP contribution in [0.3, 0.4) is 0 Å². The van der Waals surface area contributed by atoms with E-state index in [1.807, 2.05) is 0 Å². The third kappa shape index (κ3) is 1.81. The van der Waals surface area contributed by atoms with E-state index in [4.69, 9.17) is 0 Å². The second-order valence-corrected chi connectivity index (χ2v) is 4.81. The fourth-order valence-electron chi connectivity index (χ4n) is 2.18. The summed E-state index contributed by atoms with van der Waals surface area (Å²) in [5.41, 5.74) is 0.963. The molecule has 1 fully saturated rings. The zero-order chi connectivity index (χ0) is 12.7. The number of fused-ring (bicyclic) bond motifs is 1. The monoisotopic (exact) mass is 245 g/mol. The fourth-order valence-corrected chi connectivity index (χ4v) is 2.18. The Kier molecular flexibility index (Phi) is 2.47. The highest BCUT2D eigenvalue weighted by molar-refractivity contribution is 5.85. The third-order valence-corrected chi connectivity index (χ3v) is 3.41. The van der Waals surface area contributed by atoms with Gasteiger partial charge in [-0.15, -0.1) is 0 Å². The number of rotatable bonds is 2. The molecule has 18 heavy (non-hydrogen) atoms. The number of phenols is 1. The lowest BCUT2D eigenvalue weighted by Gasteiger charge is -2.27. The first-order valence-corrected chi connectivity index (χ1v) is 6.13. The summed E-state index contributed by atoms with van der Waals surface area (Å²) < 4.78 is 0. The number of H-pyrrole nitrogens is 1. The Morgan fingerprint density at radius 1 is 1.44 bits per heavy atom. The smallest absolute Gasteiger partial charge is 0.258 e. The van der Waals surface area contributed by atoms with Gasteiger partial charge < -0.3 is 15.4 Å². The molecule has 1 saturated carbocycles. The van der Waals surface area contributed by atoms with Gasteiger partial charge in [0.25, 0.3) is 5.56 Å². The van der Waals surface area contributed by atoms with Crippen LogP contribution in [0.2, 0.25) is 0 Å². The zero-order valence-electron chi connectivity index (χ0n) is 10.2. The van der Waals surface area contributed by atoms with E-state index in [-0.39, 0.29) is 11.3 Å². The summed E-state index contributed by atoms with van der Waals surface area (Å²) in [5.74, 6) is 0.693. The SMILES string of the molecule is Cc1nc2cc(O)c(NC3CCC3)cc2c(=O)[nH]1. The minimum atomic E-state index is -0.172. The summed E-state index contributed by atoms with van der Waals surface area (Å²) in [6.07, 6.45) is 3.44. The summed E-state index contributed by atoms with van der Waals surface area (Å²) in [6.45, 7) is 1.72. The number of aryl methyl sites for hydroxylation is 1. The molecule has 2 aromatic rings. The lowest BCUT2D eigenvalue weighted by molar-refractivity contribution is 0.438. The number of phenolic OH excluding ortho intramolecular Hbond substituents is 1. The molecule has 0 saturated heterocycles. The Morgan fingerprint density at radius 2 is 2.22 bits per heavy atom. The van der Waals surface area contributed by atoms with Crippen molar-refractivity contribution in [3.05, 3.63) is 28.3 Å². The van der Waals surface area contributed by atoms with E-state index in [1.54, 1.807) is 19.1 Å². The molecule has 0 aliphatic heterocycles. The molecule has 1 aromatic carbocycles. The van der Waals surface area contributed by atoms with Gasteiger partial charge in [0, 0.05) is 12.1 Å². The largest absolute Gasteiger partial charge is 0.506 e. The van der Waals surface area contributed by atoms with Crippen molar-refractivity contribution in [2.45, 2.75) is 32.2 Å². The third-order valence-electron chi connectivity index (χ3n) is 3.41.